The highest BCUT2D eigenvalue weighted by Crippen LogP contribution is 2.21. The molecule has 0 radical (unpaired) electrons. The van der Waals surface area contributed by atoms with E-state index >= 15 is 0 Å². The number of aliphatic imine (C=N–C) groups is 1. The summed E-state index contributed by atoms with van der Waals surface area (Å²) in [6, 6.07) is 10.1. The summed E-state index contributed by atoms with van der Waals surface area (Å²) >= 11 is 5.23. The summed E-state index contributed by atoms with van der Waals surface area (Å²) in [5.74, 6) is 1.61. The van der Waals surface area contributed by atoms with E-state index in [-0.39, 0.29) is 24.0 Å². The zero-order valence-corrected chi connectivity index (χ0v) is 17.8. The fourth-order valence-corrected chi connectivity index (χ4v) is 3.67. The van der Waals surface area contributed by atoms with Crippen molar-refractivity contribution in [3.05, 3.63) is 51.0 Å². The number of rotatable bonds is 5. The number of thiophene rings is 1. The summed E-state index contributed by atoms with van der Waals surface area (Å²) in [7, 11) is 1.76. The Labute approximate surface area is 169 Å². The third-order valence-electron chi connectivity index (χ3n) is 3.31. The molecule has 0 saturated carbocycles. The molecule has 3 aromatic heterocycles. The molecule has 0 atom stereocenters. The summed E-state index contributed by atoms with van der Waals surface area (Å²) in [5, 5.41) is 14.9. The van der Waals surface area contributed by atoms with Crippen LogP contribution in [0, 0.1) is 0 Å². The Morgan fingerprint density at radius 2 is 2.12 bits per heavy atom. The van der Waals surface area contributed by atoms with Crippen molar-refractivity contribution in [2.75, 3.05) is 13.6 Å². The first-order valence-corrected chi connectivity index (χ1v) is 8.84. The Hall–Kier alpha value is -1.20. The van der Waals surface area contributed by atoms with E-state index in [9.17, 15) is 0 Å². The van der Waals surface area contributed by atoms with Crippen LogP contribution < -0.4 is 10.6 Å². The molecule has 24 heavy (non-hydrogen) atoms. The lowest BCUT2D eigenvalue weighted by Gasteiger charge is -2.10. The van der Waals surface area contributed by atoms with Crippen molar-refractivity contribution in [1.29, 1.82) is 0 Å². The minimum Gasteiger partial charge on any atom is -0.356 e. The average Bonchev–Trinajstić information content (AvgIpc) is 3.17. The van der Waals surface area contributed by atoms with Crippen LogP contribution in [0.5, 0.6) is 0 Å². The van der Waals surface area contributed by atoms with Gasteiger partial charge in [0, 0.05) is 24.7 Å². The van der Waals surface area contributed by atoms with Gasteiger partial charge in [0.15, 0.2) is 17.4 Å². The first-order chi connectivity index (χ1) is 11.3. The summed E-state index contributed by atoms with van der Waals surface area (Å²) in [6.45, 7) is 1.39. The van der Waals surface area contributed by atoms with Crippen molar-refractivity contribution in [2.24, 2.45) is 4.99 Å². The van der Waals surface area contributed by atoms with Crippen molar-refractivity contribution in [2.45, 2.75) is 13.0 Å². The van der Waals surface area contributed by atoms with Crippen LogP contribution in [0.15, 0.2) is 45.3 Å². The van der Waals surface area contributed by atoms with Gasteiger partial charge in [-0.05, 0) is 46.6 Å². The van der Waals surface area contributed by atoms with E-state index < -0.39 is 0 Å². The van der Waals surface area contributed by atoms with E-state index in [1.54, 1.807) is 18.4 Å². The Kier molecular flexibility index (Phi) is 7.43. The van der Waals surface area contributed by atoms with Crippen LogP contribution in [0.2, 0.25) is 0 Å². The van der Waals surface area contributed by atoms with E-state index in [1.807, 2.05) is 28.8 Å². The molecule has 9 heteroatoms. The maximum atomic E-state index is 4.24. The lowest BCUT2D eigenvalue weighted by Crippen LogP contribution is -2.38. The second kappa shape index (κ2) is 9.33. The van der Waals surface area contributed by atoms with Crippen molar-refractivity contribution < 1.29 is 0 Å². The third kappa shape index (κ3) is 4.90. The third-order valence-corrected chi connectivity index (χ3v) is 5.00. The fraction of sp³-hybridized carbons (Fsp3) is 0.267. The van der Waals surface area contributed by atoms with E-state index in [4.69, 9.17) is 0 Å². The molecule has 0 aromatic carbocycles. The second-order valence-corrected chi connectivity index (χ2v) is 7.40. The number of guanidine groups is 1. The Morgan fingerprint density at radius 3 is 2.88 bits per heavy atom. The number of halogens is 2. The van der Waals surface area contributed by atoms with Crippen LogP contribution in [0.1, 0.15) is 10.7 Å². The minimum absolute atomic E-state index is 0. The summed E-state index contributed by atoms with van der Waals surface area (Å²) in [6.07, 6.45) is 2.92. The zero-order valence-electron chi connectivity index (χ0n) is 13.1. The largest absolute Gasteiger partial charge is 0.356 e. The molecular weight excluding hydrogens is 503 g/mol. The first kappa shape index (κ1) is 19.1. The van der Waals surface area contributed by atoms with Gasteiger partial charge in [-0.3, -0.25) is 9.39 Å². The van der Waals surface area contributed by atoms with Crippen LogP contribution in [-0.2, 0) is 13.0 Å². The second-order valence-electron chi connectivity index (χ2n) is 4.85. The van der Waals surface area contributed by atoms with Gasteiger partial charge in [0.2, 0.25) is 0 Å². The topological polar surface area (TPSA) is 66.6 Å². The maximum absolute atomic E-state index is 4.24. The van der Waals surface area contributed by atoms with Crippen LogP contribution in [0.4, 0.5) is 0 Å². The van der Waals surface area contributed by atoms with Gasteiger partial charge in [-0.1, -0.05) is 6.07 Å². The molecule has 6 nitrogen and oxygen atoms in total. The molecular formula is C15H18BrIN6S. The number of nitrogens with zero attached hydrogens (tertiary/aromatic N) is 4. The van der Waals surface area contributed by atoms with Crippen molar-refractivity contribution in [3.63, 3.8) is 0 Å². The van der Waals surface area contributed by atoms with Crippen LogP contribution in [-0.4, -0.2) is 34.2 Å². The molecule has 0 saturated heterocycles. The lowest BCUT2D eigenvalue weighted by molar-refractivity contribution is 0.759. The standard InChI is InChI=1S/C15H17BrN6S.HI/c1-17-15(18-8-7-11-5-6-12(16)23-11)19-10-14-21-20-13-4-2-3-9-22(13)14;/h2-6,9H,7-8,10H2,1H3,(H2,17,18,19);1H. The van der Waals surface area contributed by atoms with Gasteiger partial charge in [0.1, 0.15) is 0 Å². The molecule has 0 fully saturated rings. The molecule has 3 aromatic rings. The molecule has 0 amide bonds. The molecule has 3 heterocycles. The highest BCUT2D eigenvalue weighted by molar-refractivity contribution is 14.0. The summed E-state index contributed by atoms with van der Waals surface area (Å²) in [5.41, 5.74) is 0.843. The van der Waals surface area contributed by atoms with E-state index in [2.05, 4.69) is 53.9 Å². The zero-order chi connectivity index (χ0) is 16.1. The van der Waals surface area contributed by atoms with Gasteiger partial charge in [-0.2, -0.15) is 0 Å². The predicted molar refractivity (Wildman–Crippen MR) is 112 cm³/mol. The molecule has 0 unspecified atom stereocenters. The van der Waals surface area contributed by atoms with E-state index in [0.29, 0.717) is 6.54 Å². The monoisotopic (exact) mass is 520 g/mol. The summed E-state index contributed by atoms with van der Waals surface area (Å²) in [4.78, 5) is 5.57. The maximum Gasteiger partial charge on any atom is 0.191 e. The van der Waals surface area contributed by atoms with Gasteiger partial charge >= 0.3 is 0 Å². The number of nitrogens with one attached hydrogen (secondary N) is 2. The smallest absolute Gasteiger partial charge is 0.191 e. The highest BCUT2D eigenvalue weighted by Gasteiger charge is 2.05. The first-order valence-electron chi connectivity index (χ1n) is 7.23. The molecule has 3 rings (SSSR count). The number of pyridine rings is 1. The van der Waals surface area contributed by atoms with Crippen molar-refractivity contribution in [3.8, 4) is 0 Å². The van der Waals surface area contributed by atoms with Gasteiger partial charge in [0.05, 0.1) is 10.3 Å². The van der Waals surface area contributed by atoms with Gasteiger partial charge < -0.3 is 10.6 Å². The van der Waals surface area contributed by atoms with Crippen LogP contribution in [0.3, 0.4) is 0 Å². The molecule has 2 N–H and O–H groups in total. The quantitative estimate of drug-likeness (QED) is 0.308. The predicted octanol–water partition coefficient (Wildman–Crippen LogP) is 3.08. The molecule has 0 bridgehead atoms. The Balaban J connectivity index is 0.00000208. The van der Waals surface area contributed by atoms with E-state index in [0.717, 1.165) is 34.2 Å². The Morgan fingerprint density at radius 1 is 1.25 bits per heavy atom. The number of hydrogen-bond donors (Lipinski definition) is 2. The summed E-state index contributed by atoms with van der Waals surface area (Å²) < 4.78 is 3.12. The molecule has 0 spiro atoms. The van der Waals surface area contributed by atoms with Gasteiger partial charge in [-0.25, -0.2) is 0 Å². The molecule has 0 aliphatic rings. The van der Waals surface area contributed by atoms with Crippen molar-refractivity contribution in [1.82, 2.24) is 25.2 Å². The number of fused-ring (bicyclic) bond motifs is 1. The highest BCUT2D eigenvalue weighted by atomic mass is 127. The molecule has 0 aliphatic carbocycles. The van der Waals surface area contributed by atoms with Gasteiger partial charge in [0.25, 0.3) is 0 Å². The van der Waals surface area contributed by atoms with E-state index in [1.165, 1.54) is 4.88 Å². The molecule has 128 valence electrons. The van der Waals surface area contributed by atoms with Crippen molar-refractivity contribution >= 4 is 62.9 Å². The lowest BCUT2D eigenvalue weighted by atomic mass is 10.3. The fourth-order valence-electron chi connectivity index (χ4n) is 2.19. The normalized spacial score (nSPS) is 11.3. The van der Waals surface area contributed by atoms with Gasteiger partial charge in [-0.15, -0.1) is 45.5 Å². The Bertz CT molecular complexity index is 815. The molecule has 0 aliphatic heterocycles. The van der Waals surface area contributed by atoms with Crippen LogP contribution in [0.25, 0.3) is 5.65 Å². The average molecular weight is 521 g/mol. The SMILES string of the molecule is CN=C(NCCc1ccc(Br)s1)NCc1nnc2ccccn12.I. The number of hydrogen-bond acceptors (Lipinski definition) is 4. The minimum atomic E-state index is 0. The van der Waals surface area contributed by atoms with Crippen LogP contribution >= 0.6 is 51.2 Å². The number of aromatic nitrogens is 3.